The highest BCUT2D eigenvalue weighted by molar-refractivity contribution is 5.73. The van der Waals surface area contributed by atoms with E-state index in [9.17, 15) is 19.2 Å². The molecule has 0 aliphatic carbocycles. The first-order chi connectivity index (χ1) is 15.1. The molecule has 0 unspecified atom stereocenters. The summed E-state index contributed by atoms with van der Waals surface area (Å²) in [6.07, 6.45) is -3.69. The highest BCUT2D eigenvalue weighted by Gasteiger charge is 2.51. The molecule has 1 aromatic rings. The fraction of sp³-hybridized carbons (Fsp3) is 0.545. The molecule has 0 radical (unpaired) electrons. The minimum absolute atomic E-state index is 0.285. The zero-order valence-electron chi connectivity index (χ0n) is 18.8. The van der Waals surface area contributed by atoms with E-state index in [4.69, 9.17) is 23.7 Å². The van der Waals surface area contributed by atoms with E-state index >= 15 is 0 Å². The molecule has 5 atom stereocenters. The molecule has 1 aliphatic heterocycles. The Morgan fingerprint density at radius 2 is 1.62 bits per heavy atom. The molecule has 1 aromatic carbocycles. The first-order valence-corrected chi connectivity index (χ1v) is 10.3. The van der Waals surface area contributed by atoms with Crippen LogP contribution in [0.4, 0.5) is 0 Å². The number of carbonyl (C=O) groups is 4. The van der Waals surface area contributed by atoms with E-state index in [1.165, 1.54) is 27.7 Å². The van der Waals surface area contributed by atoms with E-state index in [1.54, 1.807) is 6.07 Å². The maximum atomic E-state index is 11.9. The molecule has 2 rings (SSSR count). The van der Waals surface area contributed by atoms with Gasteiger partial charge in [0, 0.05) is 27.7 Å². The third-order valence-corrected chi connectivity index (χ3v) is 4.63. The van der Waals surface area contributed by atoms with Crippen molar-refractivity contribution >= 4 is 23.8 Å². The van der Waals surface area contributed by atoms with E-state index < -0.39 is 54.5 Å². The van der Waals surface area contributed by atoms with Crippen molar-refractivity contribution in [1.29, 1.82) is 0 Å². The Bertz CT molecular complexity index is 840. The van der Waals surface area contributed by atoms with Crippen molar-refractivity contribution < 1.29 is 42.9 Å². The van der Waals surface area contributed by atoms with Crippen molar-refractivity contribution in [2.45, 2.75) is 71.7 Å². The summed E-state index contributed by atoms with van der Waals surface area (Å²) >= 11 is 0. The van der Waals surface area contributed by atoms with Gasteiger partial charge >= 0.3 is 17.9 Å². The Morgan fingerprint density at radius 1 is 0.969 bits per heavy atom. The SMILES string of the molecule is CCc1cccc(O[C@@H]2O[C@H](COC(C)=O)[C@H](OC(C)=O)[C@H](OC(C)=O)[C@H]2NC(C)=O)c1. The molecule has 0 aromatic heterocycles. The van der Waals surface area contributed by atoms with Gasteiger partial charge in [0.2, 0.25) is 12.2 Å². The van der Waals surface area contributed by atoms with E-state index in [-0.39, 0.29) is 6.61 Å². The van der Waals surface area contributed by atoms with Crippen molar-refractivity contribution in [3.05, 3.63) is 29.8 Å². The molecule has 1 heterocycles. The summed E-state index contributed by atoms with van der Waals surface area (Å²) in [5.74, 6) is -1.88. The van der Waals surface area contributed by atoms with Gasteiger partial charge in [0.05, 0.1) is 0 Å². The molecule has 1 amide bonds. The molecular formula is C22H29NO9. The van der Waals surface area contributed by atoms with Crippen LogP contribution in [0.25, 0.3) is 0 Å². The maximum absolute atomic E-state index is 11.9. The third-order valence-electron chi connectivity index (χ3n) is 4.63. The number of hydrogen-bond donors (Lipinski definition) is 1. The van der Waals surface area contributed by atoms with Crippen LogP contribution in [0.3, 0.4) is 0 Å². The van der Waals surface area contributed by atoms with Gasteiger partial charge in [-0.1, -0.05) is 19.1 Å². The topological polar surface area (TPSA) is 126 Å². The average Bonchev–Trinajstić information content (AvgIpc) is 2.70. The van der Waals surface area contributed by atoms with Gasteiger partial charge in [-0.3, -0.25) is 19.2 Å². The molecule has 32 heavy (non-hydrogen) atoms. The monoisotopic (exact) mass is 451 g/mol. The van der Waals surface area contributed by atoms with Crippen LogP contribution in [0.5, 0.6) is 5.75 Å². The molecule has 176 valence electrons. The van der Waals surface area contributed by atoms with Gasteiger partial charge in [0.25, 0.3) is 0 Å². The quantitative estimate of drug-likeness (QED) is 0.459. The number of esters is 3. The standard InChI is InChI=1S/C22H29NO9/c1-6-16-8-7-9-17(10-16)31-22-19(23-12(2)24)21(30-15(5)27)20(29-14(4)26)18(32-22)11-28-13(3)25/h7-10,18-22H,6,11H2,1-5H3,(H,23,24)/t18-,19-,20+,21-,22-/m1/s1. The number of nitrogens with one attached hydrogen (secondary N) is 1. The molecule has 10 heteroatoms. The van der Waals surface area contributed by atoms with E-state index in [0.717, 1.165) is 12.0 Å². The van der Waals surface area contributed by atoms with Crippen molar-refractivity contribution in [2.75, 3.05) is 6.61 Å². The minimum atomic E-state index is -1.16. The molecule has 0 spiro atoms. The maximum Gasteiger partial charge on any atom is 0.303 e. The van der Waals surface area contributed by atoms with Gasteiger partial charge in [0.1, 0.15) is 24.5 Å². The van der Waals surface area contributed by atoms with Crippen molar-refractivity contribution in [2.24, 2.45) is 0 Å². The number of benzene rings is 1. The Morgan fingerprint density at radius 3 is 2.19 bits per heavy atom. The molecular weight excluding hydrogens is 422 g/mol. The molecule has 1 saturated heterocycles. The van der Waals surface area contributed by atoms with E-state index in [2.05, 4.69) is 5.32 Å². The van der Waals surface area contributed by atoms with E-state index in [0.29, 0.717) is 5.75 Å². The fourth-order valence-electron chi connectivity index (χ4n) is 3.36. The second kappa shape index (κ2) is 11.5. The van der Waals surface area contributed by atoms with Crippen LogP contribution >= 0.6 is 0 Å². The van der Waals surface area contributed by atoms with Crippen molar-refractivity contribution in [3.63, 3.8) is 0 Å². The summed E-state index contributed by atoms with van der Waals surface area (Å²) in [5, 5.41) is 2.66. The number of aryl methyl sites for hydroxylation is 1. The zero-order valence-corrected chi connectivity index (χ0v) is 18.8. The van der Waals surface area contributed by atoms with Gasteiger partial charge in [-0.25, -0.2) is 0 Å². The van der Waals surface area contributed by atoms with Gasteiger partial charge < -0.3 is 29.0 Å². The summed E-state index contributed by atoms with van der Waals surface area (Å²) in [4.78, 5) is 46.9. The Hall–Kier alpha value is -3.14. The van der Waals surface area contributed by atoms with Crippen molar-refractivity contribution in [1.82, 2.24) is 5.32 Å². The average molecular weight is 451 g/mol. The smallest absolute Gasteiger partial charge is 0.303 e. The van der Waals surface area contributed by atoms with Crippen LogP contribution in [-0.4, -0.2) is 61.1 Å². The van der Waals surface area contributed by atoms with Crippen LogP contribution in [0.15, 0.2) is 24.3 Å². The largest absolute Gasteiger partial charge is 0.463 e. The summed E-state index contributed by atoms with van der Waals surface area (Å²) in [7, 11) is 0. The lowest BCUT2D eigenvalue weighted by atomic mass is 9.96. The molecule has 1 N–H and O–H groups in total. The van der Waals surface area contributed by atoms with Crippen molar-refractivity contribution in [3.8, 4) is 5.75 Å². The van der Waals surface area contributed by atoms with E-state index in [1.807, 2.05) is 25.1 Å². The molecule has 1 aliphatic rings. The minimum Gasteiger partial charge on any atom is -0.463 e. The summed E-state index contributed by atoms with van der Waals surface area (Å²) < 4.78 is 27.8. The van der Waals surface area contributed by atoms with Crippen LogP contribution < -0.4 is 10.1 Å². The van der Waals surface area contributed by atoms with Gasteiger partial charge in [-0.05, 0) is 24.1 Å². The second-order valence-corrected chi connectivity index (χ2v) is 7.34. The molecule has 0 bridgehead atoms. The Kier molecular flexibility index (Phi) is 9.01. The summed E-state index contributed by atoms with van der Waals surface area (Å²) in [6, 6.07) is 6.26. The van der Waals surface area contributed by atoms with Gasteiger partial charge in [-0.15, -0.1) is 0 Å². The first kappa shape index (κ1) is 25.1. The van der Waals surface area contributed by atoms with Crippen LogP contribution in [0.2, 0.25) is 0 Å². The number of amides is 1. The second-order valence-electron chi connectivity index (χ2n) is 7.34. The van der Waals surface area contributed by atoms with Crippen LogP contribution in [0.1, 0.15) is 40.2 Å². The number of ether oxygens (including phenoxy) is 5. The lowest BCUT2D eigenvalue weighted by Gasteiger charge is -2.44. The Labute approximate surface area is 186 Å². The fourth-order valence-corrected chi connectivity index (χ4v) is 3.36. The van der Waals surface area contributed by atoms with Crippen LogP contribution in [-0.2, 0) is 44.5 Å². The highest BCUT2D eigenvalue weighted by Crippen LogP contribution is 2.29. The number of hydrogen-bond acceptors (Lipinski definition) is 9. The predicted octanol–water partition coefficient (Wildman–Crippen LogP) is 1.28. The zero-order chi connectivity index (χ0) is 23.8. The number of carbonyl (C=O) groups excluding carboxylic acids is 4. The summed E-state index contributed by atoms with van der Waals surface area (Å²) in [5.41, 5.74) is 1.01. The van der Waals surface area contributed by atoms with Gasteiger partial charge in [0.15, 0.2) is 12.2 Å². The highest BCUT2D eigenvalue weighted by atomic mass is 16.7. The normalized spacial score (nSPS) is 24.7. The molecule has 0 saturated carbocycles. The third kappa shape index (κ3) is 7.23. The van der Waals surface area contributed by atoms with Gasteiger partial charge in [-0.2, -0.15) is 0 Å². The molecule has 1 fully saturated rings. The van der Waals surface area contributed by atoms with Crippen LogP contribution in [0, 0.1) is 0 Å². The number of rotatable bonds is 8. The predicted molar refractivity (Wildman–Crippen MR) is 110 cm³/mol. The summed E-state index contributed by atoms with van der Waals surface area (Å²) in [6.45, 7) is 6.58. The first-order valence-electron chi connectivity index (χ1n) is 10.3. The molecule has 10 nitrogen and oxygen atoms in total. The lowest BCUT2D eigenvalue weighted by molar-refractivity contribution is -0.257. The Balaban J connectivity index is 2.45. The lowest BCUT2D eigenvalue weighted by Crippen LogP contribution is -2.67.